The van der Waals surface area contributed by atoms with Crippen molar-refractivity contribution in [3.8, 4) is 0 Å². The molecule has 0 spiro atoms. The quantitative estimate of drug-likeness (QED) is 0.725. The van der Waals surface area contributed by atoms with Gasteiger partial charge in [-0.25, -0.2) is 0 Å². The van der Waals surface area contributed by atoms with Gasteiger partial charge in [0.2, 0.25) is 5.91 Å². The molecule has 0 radical (unpaired) electrons. The second-order valence-electron chi connectivity index (χ2n) is 7.63. The summed E-state index contributed by atoms with van der Waals surface area (Å²) < 4.78 is 0. The highest BCUT2D eigenvalue weighted by Gasteiger charge is 2.38. The number of hydrogen-bond acceptors (Lipinski definition) is 3. The van der Waals surface area contributed by atoms with Crippen LogP contribution in [0.3, 0.4) is 0 Å². The lowest BCUT2D eigenvalue weighted by Gasteiger charge is -2.46. The van der Waals surface area contributed by atoms with Crippen molar-refractivity contribution in [3.63, 3.8) is 0 Å². The van der Waals surface area contributed by atoms with Gasteiger partial charge >= 0.3 is 0 Å². The van der Waals surface area contributed by atoms with Crippen LogP contribution in [0.25, 0.3) is 0 Å². The van der Waals surface area contributed by atoms with Crippen LogP contribution in [0, 0.1) is 5.92 Å². The molecule has 0 aliphatic carbocycles. The normalized spacial score (nSPS) is 30.2. The average Bonchev–Trinajstić information content (AvgIpc) is 2.63. The molecule has 0 bridgehead atoms. The molecule has 4 heteroatoms. The van der Waals surface area contributed by atoms with Crippen LogP contribution in [-0.2, 0) is 4.79 Å². The molecule has 1 amide bonds. The van der Waals surface area contributed by atoms with Crippen LogP contribution < -0.4 is 16.0 Å². The van der Waals surface area contributed by atoms with Crippen molar-refractivity contribution < 1.29 is 4.79 Å². The fourth-order valence-electron chi connectivity index (χ4n) is 3.86. The minimum atomic E-state index is 0.0919. The monoisotopic (exact) mass is 267 g/mol. The molecule has 1 unspecified atom stereocenters. The van der Waals surface area contributed by atoms with E-state index in [-0.39, 0.29) is 17.0 Å². The van der Waals surface area contributed by atoms with Crippen LogP contribution in [0.1, 0.15) is 53.4 Å². The number of piperidine rings is 1. The van der Waals surface area contributed by atoms with E-state index in [1.165, 1.54) is 0 Å². The first kappa shape index (κ1) is 14.8. The molecule has 2 aliphatic heterocycles. The maximum absolute atomic E-state index is 12.1. The van der Waals surface area contributed by atoms with Gasteiger partial charge in [-0.3, -0.25) is 4.79 Å². The maximum atomic E-state index is 12.1. The Morgan fingerprint density at radius 1 is 1.21 bits per heavy atom. The summed E-state index contributed by atoms with van der Waals surface area (Å²) in [6.07, 6.45) is 3.82. The Morgan fingerprint density at radius 3 is 2.37 bits per heavy atom. The average molecular weight is 267 g/mol. The fourth-order valence-corrected chi connectivity index (χ4v) is 3.86. The van der Waals surface area contributed by atoms with Crippen molar-refractivity contribution in [2.45, 2.75) is 70.5 Å². The highest BCUT2D eigenvalue weighted by molar-refractivity contribution is 5.76. The zero-order chi connectivity index (χ0) is 14.1. The molecule has 0 aromatic rings. The second kappa shape index (κ2) is 5.41. The van der Waals surface area contributed by atoms with Gasteiger partial charge in [0.15, 0.2) is 0 Å². The lowest BCUT2D eigenvalue weighted by atomic mass is 9.79. The Hall–Kier alpha value is -0.610. The Labute approximate surface area is 117 Å². The third-order valence-electron chi connectivity index (χ3n) is 4.19. The van der Waals surface area contributed by atoms with Crippen LogP contribution in [0.15, 0.2) is 0 Å². The van der Waals surface area contributed by atoms with Gasteiger partial charge < -0.3 is 16.0 Å². The van der Waals surface area contributed by atoms with E-state index in [0.717, 1.165) is 32.4 Å². The molecular formula is C15H29N3O. The standard InChI is InChI=1S/C15H29N3O/c1-14(2)8-12(9-15(3,4)18-14)17-13(19)7-11-5-6-16-10-11/h11-12,16,18H,5-10H2,1-4H3,(H,17,19). The van der Waals surface area contributed by atoms with E-state index in [1.807, 2.05) is 0 Å². The lowest BCUT2D eigenvalue weighted by Crippen LogP contribution is -2.62. The molecular weight excluding hydrogens is 238 g/mol. The number of amides is 1. The van der Waals surface area contributed by atoms with E-state index in [2.05, 4.69) is 43.6 Å². The predicted octanol–water partition coefficient (Wildman–Crippen LogP) is 1.41. The van der Waals surface area contributed by atoms with Crippen LogP contribution in [-0.4, -0.2) is 36.1 Å². The summed E-state index contributed by atoms with van der Waals surface area (Å²) in [5.74, 6) is 0.759. The van der Waals surface area contributed by atoms with E-state index in [4.69, 9.17) is 0 Å². The smallest absolute Gasteiger partial charge is 0.220 e. The Balaban J connectivity index is 1.85. The Morgan fingerprint density at radius 2 is 1.84 bits per heavy atom. The summed E-state index contributed by atoms with van der Waals surface area (Å²) in [7, 11) is 0. The lowest BCUT2D eigenvalue weighted by molar-refractivity contribution is -0.123. The van der Waals surface area contributed by atoms with Crippen LogP contribution in [0.4, 0.5) is 0 Å². The van der Waals surface area contributed by atoms with Crippen molar-refractivity contribution in [2.75, 3.05) is 13.1 Å². The van der Waals surface area contributed by atoms with Crippen LogP contribution >= 0.6 is 0 Å². The van der Waals surface area contributed by atoms with Crippen molar-refractivity contribution in [1.29, 1.82) is 0 Å². The van der Waals surface area contributed by atoms with Gasteiger partial charge in [0.05, 0.1) is 0 Å². The number of carbonyl (C=O) groups is 1. The maximum Gasteiger partial charge on any atom is 0.220 e. The van der Waals surface area contributed by atoms with E-state index < -0.39 is 0 Å². The number of rotatable bonds is 3. The van der Waals surface area contributed by atoms with Gasteiger partial charge in [0.1, 0.15) is 0 Å². The van der Waals surface area contributed by atoms with Crippen molar-refractivity contribution >= 4 is 5.91 Å². The van der Waals surface area contributed by atoms with Gasteiger partial charge in [-0.2, -0.15) is 0 Å². The summed E-state index contributed by atoms with van der Waals surface area (Å²) >= 11 is 0. The summed E-state index contributed by atoms with van der Waals surface area (Å²) in [4.78, 5) is 12.1. The number of nitrogens with one attached hydrogen (secondary N) is 3. The fraction of sp³-hybridized carbons (Fsp3) is 0.933. The molecule has 2 saturated heterocycles. The summed E-state index contributed by atoms with van der Waals surface area (Å²) in [5, 5.41) is 10.2. The third kappa shape index (κ3) is 4.46. The van der Waals surface area contributed by atoms with E-state index in [1.54, 1.807) is 0 Å². The topological polar surface area (TPSA) is 53.2 Å². The van der Waals surface area contributed by atoms with Gasteiger partial charge in [-0.1, -0.05) is 0 Å². The number of hydrogen-bond donors (Lipinski definition) is 3. The number of carbonyl (C=O) groups excluding carboxylic acids is 1. The molecule has 2 heterocycles. The second-order valence-corrected chi connectivity index (χ2v) is 7.63. The molecule has 1 atom stereocenters. The zero-order valence-corrected chi connectivity index (χ0v) is 12.8. The van der Waals surface area contributed by atoms with Crippen LogP contribution in [0.5, 0.6) is 0 Å². The molecule has 4 nitrogen and oxygen atoms in total. The van der Waals surface area contributed by atoms with Gasteiger partial charge in [0, 0.05) is 23.5 Å². The predicted molar refractivity (Wildman–Crippen MR) is 78.1 cm³/mol. The van der Waals surface area contributed by atoms with E-state index in [9.17, 15) is 4.79 Å². The van der Waals surface area contributed by atoms with Gasteiger partial charge in [-0.15, -0.1) is 0 Å². The molecule has 0 aromatic heterocycles. The van der Waals surface area contributed by atoms with Crippen LogP contribution in [0.2, 0.25) is 0 Å². The first-order valence-corrected chi connectivity index (χ1v) is 7.55. The van der Waals surface area contributed by atoms with Crippen molar-refractivity contribution in [2.24, 2.45) is 5.92 Å². The Bertz CT molecular complexity index is 316. The van der Waals surface area contributed by atoms with Gasteiger partial charge in [-0.05, 0) is 66.0 Å². The Kier molecular flexibility index (Phi) is 4.21. The van der Waals surface area contributed by atoms with Crippen molar-refractivity contribution in [1.82, 2.24) is 16.0 Å². The molecule has 2 rings (SSSR count). The minimum Gasteiger partial charge on any atom is -0.353 e. The van der Waals surface area contributed by atoms with Gasteiger partial charge in [0.25, 0.3) is 0 Å². The summed E-state index contributed by atoms with van der Waals surface area (Å²) in [5.41, 5.74) is 0.184. The first-order valence-electron chi connectivity index (χ1n) is 7.55. The first-order chi connectivity index (χ1) is 8.76. The molecule has 19 heavy (non-hydrogen) atoms. The molecule has 0 aromatic carbocycles. The zero-order valence-electron chi connectivity index (χ0n) is 12.8. The molecule has 2 fully saturated rings. The highest BCUT2D eigenvalue weighted by Crippen LogP contribution is 2.28. The summed E-state index contributed by atoms with van der Waals surface area (Å²) in [6.45, 7) is 10.9. The highest BCUT2D eigenvalue weighted by atomic mass is 16.1. The largest absolute Gasteiger partial charge is 0.353 e. The molecule has 2 aliphatic rings. The minimum absolute atomic E-state index is 0.0919. The SMILES string of the molecule is CC1(C)CC(NC(=O)CC2CCNC2)CC(C)(C)N1. The molecule has 0 saturated carbocycles. The van der Waals surface area contributed by atoms with E-state index >= 15 is 0 Å². The van der Waals surface area contributed by atoms with E-state index in [0.29, 0.717) is 18.4 Å². The third-order valence-corrected chi connectivity index (χ3v) is 4.19. The summed E-state index contributed by atoms with van der Waals surface area (Å²) in [6, 6.07) is 0.299. The molecule has 110 valence electrons. The molecule has 3 N–H and O–H groups in total. The van der Waals surface area contributed by atoms with Crippen molar-refractivity contribution in [3.05, 3.63) is 0 Å².